The lowest BCUT2D eigenvalue weighted by Gasteiger charge is -2.26. The Hall–Kier alpha value is -1.22. The van der Waals surface area contributed by atoms with Crippen molar-refractivity contribution in [2.75, 3.05) is 31.7 Å². The van der Waals surface area contributed by atoms with E-state index in [1.165, 1.54) is 5.69 Å². The van der Waals surface area contributed by atoms with Crippen LogP contribution in [-0.2, 0) is 4.74 Å². The van der Waals surface area contributed by atoms with Gasteiger partial charge in [-0.1, -0.05) is 0 Å². The highest BCUT2D eigenvalue weighted by Gasteiger charge is 2.08. The van der Waals surface area contributed by atoms with Crippen molar-refractivity contribution in [1.82, 2.24) is 0 Å². The van der Waals surface area contributed by atoms with Gasteiger partial charge in [0.1, 0.15) is 5.75 Å². The summed E-state index contributed by atoms with van der Waals surface area (Å²) in [6.07, 6.45) is 0.238. The van der Waals surface area contributed by atoms with E-state index in [1.807, 2.05) is 19.1 Å². The van der Waals surface area contributed by atoms with Gasteiger partial charge < -0.3 is 14.4 Å². The molecule has 0 N–H and O–H groups in total. The zero-order valence-electron chi connectivity index (χ0n) is 11.3. The fourth-order valence-electron chi connectivity index (χ4n) is 1.72. The highest BCUT2D eigenvalue weighted by molar-refractivity contribution is 5.49. The van der Waals surface area contributed by atoms with Crippen molar-refractivity contribution in [1.29, 1.82) is 0 Å². The van der Waals surface area contributed by atoms with E-state index in [0.717, 1.165) is 18.8 Å². The second-order valence-electron chi connectivity index (χ2n) is 4.01. The van der Waals surface area contributed by atoms with Crippen LogP contribution < -0.4 is 9.64 Å². The molecule has 0 saturated heterocycles. The standard InChI is InChI=1S/C14H23NO2/c1-5-15(11-12(3)16-4)13-7-9-14(10-8-13)17-6-2/h7-10,12H,5-6,11H2,1-4H3. The number of rotatable bonds is 7. The van der Waals surface area contributed by atoms with Crippen LogP contribution in [0.2, 0.25) is 0 Å². The molecule has 3 nitrogen and oxygen atoms in total. The number of nitrogens with zero attached hydrogens (tertiary/aromatic N) is 1. The van der Waals surface area contributed by atoms with Crippen molar-refractivity contribution in [3.8, 4) is 5.75 Å². The van der Waals surface area contributed by atoms with Gasteiger partial charge in [-0.2, -0.15) is 0 Å². The van der Waals surface area contributed by atoms with Gasteiger partial charge in [-0.3, -0.25) is 0 Å². The monoisotopic (exact) mass is 237 g/mol. The molecule has 0 amide bonds. The van der Waals surface area contributed by atoms with Crippen molar-refractivity contribution >= 4 is 5.69 Å². The fourth-order valence-corrected chi connectivity index (χ4v) is 1.72. The lowest BCUT2D eigenvalue weighted by molar-refractivity contribution is 0.123. The molecule has 0 spiro atoms. The third kappa shape index (κ3) is 4.27. The molecule has 0 saturated carbocycles. The molecular weight excluding hydrogens is 214 g/mol. The van der Waals surface area contributed by atoms with Crippen molar-refractivity contribution in [3.05, 3.63) is 24.3 Å². The molecule has 0 bridgehead atoms. The molecule has 3 heteroatoms. The number of anilines is 1. The van der Waals surface area contributed by atoms with Crippen LogP contribution >= 0.6 is 0 Å². The predicted octanol–water partition coefficient (Wildman–Crippen LogP) is 2.95. The van der Waals surface area contributed by atoms with Crippen LogP contribution in [-0.4, -0.2) is 32.9 Å². The minimum atomic E-state index is 0.238. The molecule has 1 aromatic carbocycles. The van der Waals surface area contributed by atoms with Gasteiger partial charge in [-0.25, -0.2) is 0 Å². The molecule has 1 rings (SSSR count). The largest absolute Gasteiger partial charge is 0.494 e. The van der Waals surface area contributed by atoms with Crippen LogP contribution in [0.4, 0.5) is 5.69 Å². The number of likely N-dealkylation sites (N-methyl/N-ethyl adjacent to an activating group) is 1. The van der Waals surface area contributed by atoms with Gasteiger partial charge in [0.25, 0.3) is 0 Å². The SMILES string of the molecule is CCOc1ccc(N(CC)CC(C)OC)cc1. The van der Waals surface area contributed by atoms with Gasteiger partial charge in [0.05, 0.1) is 12.7 Å². The van der Waals surface area contributed by atoms with Crippen LogP contribution in [0.3, 0.4) is 0 Å². The second kappa shape index (κ2) is 7.17. The summed E-state index contributed by atoms with van der Waals surface area (Å²) in [6, 6.07) is 8.21. The minimum absolute atomic E-state index is 0.238. The Labute approximate surface area is 104 Å². The van der Waals surface area contributed by atoms with E-state index in [9.17, 15) is 0 Å². The summed E-state index contributed by atoms with van der Waals surface area (Å²) in [5.74, 6) is 0.923. The molecule has 0 fully saturated rings. The quantitative estimate of drug-likeness (QED) is 0.727. The van der Waals surface area contributed by atoms with E-state index in [0.29, 0.717) is 6.61 Å². The molecule has 0 aliphatic heterocycles. The fraction of sp³-hybridized carbons (Fsp3) is 0.571. The smallest absolute Gasteiger partial charge is 0.119 e. The Bertz CT molecular complexity index is 311. The molecule has 1 atom stereocenters. The number of hydrogen-bond donors (Lipinski definition) is 0. The van der Waals surface area contributed by atoms with Gasteiger partial charge in [-0.15, -0.1) is 0 Å². The molecular formula is C14H23NO2. The average Bonchev–Trinajstić information content (AvgIpc) is 2.37. The molecule has 1 aromatic rings. The number of benzene rings is 1. The summed E-state index contributed by atoms with van der Waals surface area (Å²) >= 11 is 0. The maximum absolute atomic E-state index is 5.43. The van der Waals surface area contributed by atoms with Gasteiger partial charge in [0, 0.05) is 25.9 Å². The maximum Gasteiger partial charge on any atom is 0.119 e. The van der Waals surface area contributed by atoms with Crippen LogP contribution in [0.1, 0.15) is 20.8 Å². The summed E-state index contributed by atoms with van der Waals surface area (Å²) in [5, 5.41) is 0. The summed E-state index contributed by atoms with van der Waals surface area (Å²) in [6.45, 7) is 8.81. The summed E-state index contributed by atoms with van der Waals surface area (Å²) in [5.41, 5.74) is 1.21. The van der Waals surface area contributed by atoms with Gasteiger partial charge in [0.15, 0.2) is 0 Å². The zero-order chi connectivity index (χ0) is 12.7. The average molecular weight is 237 g/mol. The van der Waals surface area contributed by atoms with E-state index in [2.05, 4.69) is 30.9 Å². The Balaban J connectivity index is 2.68. The maximum atomic E-state index is 5.43. The lowest BCUT2D eigenvalue weighted by atomic mass is 10.2. The van der Waals surface area contributed by atoms with Crippen LogP contribution in [0.25, 0.3) is 0 Å². The van der Waals surface area contributed by atoms with Crippen LogP contribution in [0.5, 0.6) is 5.75 Å². The van der Waals surface area contributed by atoms with Crippen molar-refractivity contribution in [2.24, 2.45) is 0 Å². The van der Waals surface area contributed by atoms with Gasteiger partial charge >= 0.3 is 0 Å². The molecule has 0 radical (unpaired) electrons. The normalized spacial score (nSPS) is 12.2. The molecule has 17 heavy (non-hydrogen) atoms. The first-order valence-corrected chi connectivity index (χ1v) is 6.21. The molecule has 0 aliphatic carbocycles. The van der Waals surface area contributed by atoms with Crippen LogP contribution in [0, 0.1) is 0 Å². The van der Waals surface area contributed by atoms with E-state index in [4.69, 9.17) is 9.47 Å². The Kier molecular flexibility index (Phi) is 5.84. The Morgan fingerprint density at radius 1 is 1.18 bits per heavy atom. The number of ether oxygens (including phenoxy) is 2. The summed E-state index contributed by atoms with van der Waals surface area (Å²) in [4.78, 5) is 2.30. The number of methoxy groups -OCH3 is 1. The summed E-state index contributed by atoms with van der Waals surface area (Å²) < 4.78 is 10.7. The van der Waals surface area contributed by atoms with Gasteiger partial charge in [0.2, 0.25) is 0 Å². The molecule has 0 aromatic heterocycles. The van der Waals surface area contributed by atoms with E-state index < -0.39 is 0 Å². The second-order valence-corrected chi connectivity index (χ2v) is 4.01. The lowest BCUT2D eigenvalue weighted by Crippen LogP contribution is -2.31. The highest BCUT2D eigenvalue weighted by atomic mass is 16.5. The molecule has 0 heterocycles. The van der Waals surface area contributed by atoms with E-state index in [-0.39, 0.29) is 6.10 Å². The van der Waals surface area contributed by atoms with Crippen molar-refractivity contribution in [3.63, 3.8) is 0 Å². The van der Waals surface area contributed by atoms with E-state index >= 15 is 0 Å². The number of hydrogen-bond acceptors (Lipinski definition) is 3. The third-order valence-electron chi connectivity index (χ3n) is 2.77. The molecule has 96 valence electrons. The van der Waals surface area contributed by atoms with E-state index in [1.54, 1.807) is 7.11 Å². The first kappa shape index (κ1) is 13.8. The third-order valence-corrected chi connectivity index (χ3v) is 2.77. The first-order chi connectivity index (χ1) is 8.21. The first-order valence-electron chi connectivity index (χ1n) is 6.21. The van der Waals surface area contributed by atoms with Crippen molar-refractivity contribution in [2.45, 2.75) is 26.9 Å². The minimum Gasteiger partial charge on any atom is -0.494 e. The molecule has 0 aliphatic rings. The zero-order valence-corrected chi connectivity index (χ0v) is 11.3. The van der Waals surface area contributed by atoms with Gasteiger partial charge in [-0.05, 0) is 45.0 Å². The van der Waals surface area contributed by atoms with Crippen molar-refractivity contribution < 1.29 is 9.47 Å². The van der Waals surface area contributed by atoms with Crippen LogP contribution in [0.15, 0.2) is 24.3 Å². The summed E-state index contributed by atoms with van der Waals surface area (Å²) in [7, 11) is 1.75. The Morgan fingerprint density at radius 2 is 1.82 bits per heavy atom. The molecule has 1 unspecified atom stereocenters. The Morgan fingerprint density at radius 3 is 2.29 bits per heavy atom. The topological polar surface area (TPSA) is 21.7 Å². The predicted molar refractivity (Wildman–Crippen MR) is 72.0 cm³/mol. The highest BCUT2D eigenvalue weighted by Crippen LogP contribution is 2.19.